The molecule has 0 spiro atoms. The Morgan fingerprint density at radius 2 is 1.79 bits per heavy atom. The Balaban J connectivity index is 1.39. The molecule has 1 fully saturated rings. The quantitative estimate of drug-likeness (QED) is 0.243. The summed E-state index contributed by atoms with van der Waals surface area (Å²) in [4.78, 5) is 27.7. The molecule has 3 N–H and O–H groups in total. The third-order valence-corrected chi connectivity index (χ3v) is 7.38. The number of esters is 1. The van der Waals surface area contributed by atoms with Gasteiger partial charge in [-0.1, -0.05) is 60.3 Å². The zero-order valence-electron chi connectivity index (χ0n) is 22.0. The van der Waals surface area contributed by atoms with Gasteiger partial charge in [0.25, 0.3) is 0 Å². The molecule has 2 amide bonds. The normalized spacial score (nSPS) is 18.9. The topological polar surface area (TPSA) is 124 Å². The Morgan fingerprint density at radius 1 is 1.08 bits per heavy atom. The predicted octanol–water partition coefficient (Wildman–Crippen LogP) is 3.61. The maximum absolute atomic E-state index is 12.0. The summed E-state index contributed by atoms with van der Waals surface area (Å²) in [5, 5.41) is 15.5. The monoisotopic (exact) mass is 554 g/mol. The molecule has 2 aromatic carbocycles. The molecule has 39 heavy (non-hydrogen) atoms. The number of aliphatic hydroxyl groups is 1. The van der Waals surface area contributed by atoms with Crippen molar-refractivity contribution in [3.05, 3.63) is 83.2 Å². The number of nitrogens with zero attached hydrogens (tertiary/aromatic N) is 2. The highest BCUT2D eigenvalue weighted by molar-refractivity contribution is 7.99. The van der Waals surface area contributed by atoms with Gasteiger partial charge in [-0.3, -0.25) is 4.79 Å². The second-order valence-electron chi connectivity index (χ2n) is 9.06. The number of aliphatic hydroxyl groups excluding tert-OH is 1. The summed E-state index contributed by atoms with van der Waals surface area (Å²) in [6.07, 6.45) is 3.58. The first-order valence-electron chi connectivity index (χ1n) is 12.8. The van der Waals surface area contributed by atoms with Gasteiger partial charge in [0.05, 0.1) is 25.4 Å². The molecular formula is C28H34N4O6S. The molecule has 0 unspecified atom stereocenters. The fourth-order valence-electron chi connectivity index (χ4n) is 4.08. The highest BCUT2D eigenvalue weighted by Crippen LogP contribution is 2.39. The van der Waals surface area contributed by atoms with Crippen molar-refractivity contribution < 1.29 is 28.9 Å². The Labute approximate surface area is 232 Å². The number of hydrogen-bond donors (Lipinski definition) is 3. The van der Waals surface area contributed by atoms with E-state index in [2.05, 4.69) is 15.6 Å². The fourth-order valence-corrected chi connectivity index (χ4v) is 5.03. The van der Waals surface area contributed by atoms with Crippen molar-refractivity contribution in [1.82, 2.24) is 20.2 Å². The maximum Gasteiger partial charge on any atom is 0.325 e. The lowest BCUT2D eigenvalue weighted by atomic mass is 10.0. The molecule has 0 bridgehead atoms. The van der Waals surface area contributed by atoms with Crippen molar-refractivity contribution >= 4 is 23.8 Å². The zero-order chi connectivity index (χ0) is 27.6. The van der Waals surface area contributed by atoms with Crippen LogP contribution in [0.1, 0.15) is 48.0 Å². The van der Waals surface area contributed by atoms with E-state index in [-0.39, 0.29) is 32.0 Å². The molecule has 1 aromatic heterocycles. The Hall–Kier alpha value is -3.38. The standard InChI is InChI=1S/C28H34N4O6S/c1-3-36-25(34)16-31-27(35)30-15-19-4-10-22(11-5-19)26-37-23(18-39-28-29-12-13-32(28)2)14-24(38-26)21-8-6-20(17-33)7-9-21/h4-13,23-24,26,33H,3,14-18H2,1-2H3,(H2,30,31,35)/t23-,24+,26+/m0/s1. The van der Waals surface area contributed by atoms with Gasteiger partial charge in [-0.15, -0.1) is 0 Å². The van der Waals surface area contributed by atoms with Gasteiger partial charge in [-0.05, 0) is 23.6 Å². The number of rotatable bonds is 11. The van der Waals surface area contributed by atoms with Crippen molar-refractivity contribution in [3.8, 4) is 0 Å². The minimum Gasteiger partial charge on any atom is -0.465 e. The van der Waals surface area contributed by atoms with Gasteiger partial charge in [0.2, 0.25) is 0 Å². The average molecular weight is 555 g/mol. The first-order chi connectivity index (χ1) is 18.9. The molecule has 3 atom stereocenters. The Kier molecular flexibility index (Phi) is 10.4. The number of aryl methyl sites for hydroxylation is 1. The van der Waals surface area contributed by atoms with Crippen molar-refractivity contribution in [2.45, 2.75) is 50.2 Å². The van der Waals surface area contributed by atoms with E-state index in [4.69, 9.17) is 14.2 Å². The predicted molar refractivity (Wildman–Crippen MR) is 146 cm³/mol. The number of nitrogens with one attached hydrogen (secondary N) is 2. The average Bonchev–Trinajstić information content (AvgIpc) is 3.38. The highest BCUT2D eigenvalue weighted by atomic mass is 32.2. The van der Waals surface area contributed by atoms with Crippen LogP contribution in [0.3, 0.4) is 0 Å². The third-order valence-electron chi connectivity index (χ3n) is 6.19. The summed E-state index contributed by atoms with van der Waals surface area (Å²) in [6.45, 7) is 2.09. The summed E-state index contributed by atoms with van der Waals surface area (Å²) in [5.41, 5.74) is 3.64. The van der Waals surface area contributed by atoms with Gasteiger partial charge in [0.1, 0.15) is 6.54 Å². The van der Waals surface area contributed by atoms with Crippen LogP contribution < -0.4 is 10.6 Å². The SMILES string of the molecule is CCOC(=O)CNC(=O)NCc1ccc([C@@H]2O[C@H](CSc3nccn3C)C[C@H](c3ccc(CO)cc3)O2)cc1. The number of carbonyl (C=O) groups is 2. The summed E-state index contributed by atoms with van der Waals surface area (Å²) in [5.74, 6) is 0.238. The molecule has 3 aromatic rings. The summed E-state index contributed by atoms with van der Waals surface area (Å²) in [6, 6.07) is 15.0. The molecule has 4 rings (SSSR count). The minimum atomic E-state index is -0.567. The van der Waals surface area contributed by atoms with Gasteiger partial charge < -0.3 is 34.5 Å². The van der Waals surface area contributed by atoms with Crippen LogP contribution in [0.15, 0.2) is 66.1 Å². The van der Waals surface area contributed by atoms with E-state index in [1.54, 1.807) is 24.9 Å². The maximum atomic E-state index is 12.0. The van der Waals surface area contributed by atoms with Gasteiger partial charge in [0, 0.05) is 43.7 Å². The van der Waals surface area contributed by atoms with Crippen LogP contribution in [0.4, 0.5) is 4.79 Å². The van der Waals surface area contributed by atoms with E-state index in [1.807, 2.05) is 66.3 Å². The summed E-state index contributed by atoms with van der Waals surface area (Å²) >= 11 is 1.64. The van der Waals surface area contributed by atoms with Gasteiger partial charge >= 0.3 is 12.0 Å². The lowest BCUT2D eigenvalue weighted by molar-refractivity contribution is -0.245. The van der Waals surface area contributed by atoms with Crippen LogP contribution in [0, 0.1) is 0 Å². The van der Waals surface area contributed by atoms with Crippen LogP contribution in [0.25, 0.3) is 0 Å². The lowest BCUT2D eigenvalue weighted by Gasteiger charge is -2.36. The number of imidazole rings is 1. The molecule has 1 aliphatic heterocycles. The molecule has 2 heterocycles. The van der Waals surface area contributed by atoms with Crippen molar-refractivity contribution in [3.63, 3.8) is 0 Å². The van der Waals surface area contributed by atoms with Gasteiger partial charge in [0.15, 0.2) is 11.4 Å². The van der Waals surface area contributed by atoms with Crippen LogP contribution in [-0.4, -0.2) is 51.7 Å². The van der Waals surface area contributed by atoms with E-state index < -0.39 is 18.3 Å². The smallest absolute Gasteiger partial charge is 0.325 e. The first kappa shape index (κ1) is 28.6. The van der Waals surface area contributed by atoms with E-state index in [9.17, 15) is 14.7 Å². The van der Waals surface area contributed by atoms with Crippen LogP contribution in [-0.2, 0) is 39.2 Å². The van der Waals surface area contributed by atoms with Crippen LogP contribution in [0.5, 0.6) is 0 Å². The van der Waals surface area contributed by atoms with E-state index >= 15 is 0 Å². The van der Waals surface area contributed by atoms with E-state index in [0.29, 0.717) is 13.0 Å². The van der Waals surface area contributed by atoms with Crippen LogP contribution >= 0.6 is 11.8 Å². The second-order valence-corrected chi connectivity index (χ2v) is 10.1. The number of benzene rings is 2. The largest absolute Gasteiger partial charge is 0.465 e. The number of ether oxygens (including phenoxy) is 3. The molecule has 0 saturated carbocycles. The van der Waals surface area contributed by atoms with E-state index in [1.165, 1.54) is 0 Å². The third kappa shape index (κ3) is 8.30. The minimum absolute atomic E-state index is 0.00523. The molecule has 10 nitrogen and oxygen atoms in total. The first-order valence-corrected chi connectivity index (χ1v) is 13.8. The Morgan fingerprint density at radius 3 is 2.46 bits per heavy atom. The van der Waals surface area contributed by atoms with Crippen molar-refractivity contribution in [2.24, 2.45) is 7.05 Å². The molecule has 0 aliphatic carbocycles. The van der Waals surface area contributed by atoms with Gasteiger partial charge in [-0.25, -0.2) is 9.78 Å². The molecule has 1 aliphatic rings. The van der Waals surface area contributed by atoms with Gasteiger partial charge in [-0.2, -0.15) is 0 Å². The van der Waals surface area contributed by atoms with Crippen molar-refractivity contribution in [1.29, 1.82) is 0 Å². The second kappa shape index (κ2) is 14.1. The summed E-state index contributed by atoms with van der Waals surface area (Å²) < 4.78 is 19.6. The fraction of sp³-hybridized carbons (Fsp3) is 0.393. The summed E-state index contributed by atoms with van der Waals surface area (Å²) in [7, 11) is 1.97. The molecule has 1 saturated heterocycles. The van der Waals surface area contributed by atoms with Crippen molar-refractivity contribution in [2.75, 3.05) is 18.9 Å². The molecule has 11 heteroatoms. The number of thioether (sulfide) groups is 1. The molecule has 208 valence electrons. The number of carbonyl (C=O) groups excluding carboxylic acids is 2. The molecular weight excluding hydrogens is 520 g/mol. The number of amides is 2. The Bertz CT molecular complexity index is 1220. The van der Waals surface area contributed by atoms with Crippen LogP contribution in [0.2, 0.25) is 0 Å². The zero-order valence-corrected chi connectivity index (χ0v) is 22.9. The number of aromatic nitrogens is 2. The lowest BCUT2D eigenvalue weighted by Crippen LogP contribution is -2.38. The number of hydrogen-bond acceptors (Lipinski definition) is 8. The highest BCUT2D eigenvalue weighted by Gasteiger charge is 2.32. The number of urea groups is 1. The van der Waals surface area contributed by atoms with E-state index in [0.717, 1.165) is 33.2 Å². The molecule has 0 radical (unpaired) electrons.